The number of benzene rings is 1. The molecule has 0 spiro atoms. The number of rotatable bonds is 4. The van der Waals surface area contributed by atoms with Crippen molar-refractivity contribution in [2.45, 2.75) is 51.4 Å². The monoisotopic (exact) mass is 231 g/mol. The molecule has 0 aromatic heterocycles. The summed E-state index contributed by atoms with van der Waals surface area (Å²) in [7, 11) is 4.32. The molecule has 0 saturated carbocycles. The molecule has 0 amide bonds. The Labute approximate surface area is 106 Å². The van der Waals surface area contributed by atoms with Crippen molar-refractivity contribution in [3.8, 4) is 0 Å². The number of aryl methyl sites for hydroxylation is 1. The molecule has 94 valence electrons. The molecule has 0 N–H and O–H groups in total. The zero-order chi connectivity index (χ0) is 12.5. The van der Waals surface area contributed by atoms with Gasteiger partial charge in [0.1, 0.15) is 0 Å². The molecule has 17 heavy (non-hydrogen) atoms. The Kier molecular flexibility index (Phi) is 3.46. The van der Waals surface area contributed by atoms with Gasteiger partial charge in [-0.3, -0.25) is 0 Å². The first-order chi connectivity index (χ1) is 8.08. The highest BCUT2D eigenvalue weighted by atomic mass is 15.1. The lowest BCUT2D eigenvalue weighted by atomic mass is 9.78. The third-order valence-electron chi connectivity index (χ3n) is 4.24. The van der Waals surface area contributed by atoms with E-state index >= 15 is 0 Å². The maximum absolute atomic E-state index is 2.46. The van der Waals surface area contributed by atoms with Gasteiger partial charge >= 0.3 is 0 Å². The Morgan fingerprint density at radius 1 is 1.29 bits per heavy atom. The topological polar surface area (TPSA) is 3.24 Å². The van der Waals surface area contributed by atoms with Crippen LogP contribution in [0.15, 0.2) is 18.2 Å². The maximum atomic E-state index is 2.46. The second-order valence-electron chi connectivity index (χ2n) is 5.87. The zero-order valence-corrected chi connectivity index (χ0v) is 11.7. The van der Waals surface area contributed by atoms with Crippen molar-refractivity contribution in [1.29, 1.82) is 0 Å². The van der Waals surface area contributed by atoms with Gasteiger partial charge in [0.2, 0.25) is 0 Å². The van der Waals surface area contributed by atoms with Crippen LogP contribution in [-0.4, -0.2) is 14.1 Å². The lowest BCUT2D eigenvalue weighted by Gasteiger charge is -2.30. The van der Waals surface area contributed by atoms with Crippen LogP contribution >= 0.6 is 0 Å². The van der Waals surface area contributed by atoms with Gasteiger partial charge in [-0.15, -0.1) is 0 Å². The summed E-state index contributed by atoms with van der Waals surface area (Å²) in [4.78, 5) is 2.27. The molecule has 1 aromatic rings. The average molecular weight is 231 g/mol. The van der Waals surface area contributed by atoms with Gasteiger partial charge in [0, 0.05) is 19.8 Å². The van der Waals surface area contributed by atoms with Crippen LogP contribution < -0.4 is 4.90 Å². The fourth-order valence-corrected chi connectivity index (χ4v) is 3.22. The highest BCUT2D eigenvalue weighted by Gasteiger charge is 2.35. The summed E-state index contributed by atoms with van der Waals surface area (Å²) in [5.41, 5.74) is 5.04. The number of unbranched alkanes of at least 4 members (excludes halogenated alkanes) is 1. The van der Waals surface area contributed by atoms with Gasteiger partial charge in [-0.05, 0) is 41.9 Å². The summed E-state index contributed by atoms with van der Waals surface area (Å²) in [5, 5.41) is 0. The van der Waals surface area contributed by atoms with E-state index in [1.165, 1.54) is 37.8 Å². The Hall–Kier alpha value is -0.980. The molecule has 0 aliphatic heterocycles. The predicted molar refractivity (Wildman–Crippen MR) is 76.0 cm³/mol. The molecule has 1 atom stereocenters. The van der Waals surface area contributed by atoms with Crippen molar-refractivity contribution in [3.05, 3.63) is 29.3 Å². The van der Waals surface area contributed by atoms with Crippen molar-refractivity contribution in [2.24, 2.45) is 0 Å². The molecule has 0 fully saturated rings. The van der Waals surface area contributed by atoms with E-state index in [0.717, 1.165) is 0 Å². The van der Waals surface area contributed by atoms with Crippen LogP contribution in [-0.2, 0) is 11.8 Å². The number of fused-ring (bicyclic) bond motifs is 1. The lowest BCUT2D eigenvalue weighted by Crippen LogP contribution is -2.22. The molecule has 0 radical (unpaired) electrons. The Morgan fingerprint density at radius 2 is 2.06 bits per heavy atom. The van der Waals surface area contributed by atoms with Gasteiger partial charge in [-0.1, -0.05) is 38.8 Å². The summed E-state index contributed by atoms with van der Waals surface area (Å²) >= 11 is 0. The highest BCUT2D eigenvalue weighted by molar-refractivity contribution is 5.61. The third kappa shape index (κ3) is 2.20. The van der Waals surface area contributed by atoms with E-state index in [4.69, 9.17) is 0 Å². The van der Waals surface area contributed by atoms with E-state index in [1.54, 1.807) is 11.1 Å². The fourth-order valence-electron chi connectivity index (χ4n) is 3.22. The highest BCUT2D eigenvalue weighted by Crippen LogP contribution is 2.46. The normalized spacial score (nSPS) is 22.6. The van der Waals surface area contributed by atoms with Crippen LogP contribution in [0.1, 0.15) is 50.7 Å². The Bertz CT molecular complexity index is 395. The van der Waals surface area contributed by atoms with Gasteiger partial charge in [-0.2, -0.15) is 0 Å². The molecule has 1 aliphatic rings. The van der Waals surface area contributed by atoms with Gasteiger partial charge in [0.25, 0.3) is 0 Å². The van der Waals surface area contributed by atoms with E-state index in [9.17, 15) is 0 Å². The average Bonchev–Trinajstić information content (AvgIpc) is 2.65. The largest absolute Gasteiger partial charge is 0.377 e. The van der Waals surface area contributed by atoms with E-state index in [2.05, 4.69) is 51.0 Å². The molecular formula is C16H25N. The van der Waals surface area contributed by atoms with Crippen molar-refractivity contribution in [1.82, 2.24) is 0 Å². The molecule has 1 aromatic carbocycles. The maximum Gasteiger partial charge on any atom is 0.0401 e. The third-order valence-corrected chi connectivity index (χ3v) is 4.24. The van der Waals surface area contributed by atoms with Crippen LogP contribution in [0.2, 0.25) is 0 Å². The number of hydrogen-bond acceptors (Lipinski definition) is 1. The molecule has 0 bridgehead atoms. The first-order valence-electron chi connectivity index (χ1n) is 6.88. The quantitative estimate of drug-likeness (QED) is 0.752. The molecule has 1 nitrogen and oxygen atoms in total. The minimum absolute atomic E-state index is 0.409. The second-order valence-corrected chi connectivity index (χ2v) is 5.87. The fraction of sp³-hybridized carbons (Fsp3) is 0.625. The van der Waals surface area contributed by atoms with Gasteiger partial charge in [0.05, 0.1) is 0 Å². The van der Waals surface area contributed by atoms with Crippen LogP contribution in [0.3, 0.4) is 0 Å². The van der Waals surface area contributed by atoms with E-state index in [0.29, 0.717) is 5.41 Å². The van der Waals surface area contributed by atoms with Gasteiger partial charge in [-0.25, -0.2) is 0 Å². The zero-order valence-electron chi connectivity index (χ0n) is 11.7. The van der Waals surface area contributed by atoms with E-state index in [1.807, 2.05) is 0 Å². The van der Waals surface area contributed by atoms with Crippen LogP contribution in [0.25, 0.3) is 0 Å². The van der Waals surface area contributed by atoms with Crippen molar-refractivity contribution < 1.29 is 0 Å². The second kappa shape index (κ2) is 4.72. The number of anilines is 1. The van der Waals surface area contributed by atoms with Crippen LogP contribution in [0.4, 0.5) is 5.69 Å². The van der Waals surface area contributed by atoms with Crippen LogP contribution in [0, 0.1) is 0 Å². The Balaban J connectivity index is 2.41. The smallest absolute Gasteiger partial charge is 0.0401 e. The number of nitrogens with zero attached hydrogens (tertiary/aromatic N) is 1. The minimum Gasteiger partial charge on any atom is -0.377 e. The standard InChI is InChI=1S/C16H25N/c1-5-6-11-16(2)12-10-13-8-7-9-14(15(13)16)17(3)4/h7-9H,5-6,10-12H2,1-4H3. The first kappa shape index (κ1) is 12.5. The minimum atomic E-state index is 0.409. The molecule has 2 rings (SSSR count). The molecule has 0 heterocycles. The summed E-state index contributed by atoms with van der Waals surface area (Å²) in [6.07, 6.45) is 6.57. The van der Waals surface area contributed by atoms with Crippen LogP contribution in [0.5, 0.6) is 0 Å². The number of hydrogen-bond donors (Lipinski definition) is 0. The van der Waals surface area contributed by atoms with Crippen molar-refractivity contribution >= 4 is 5.69 Å². The molecule has 0 saturated heterocycles. The first-order valence-corrected chi connectivity index (χ1v) is 6.88. The SMILES string of the molecule is CCCCC1(C)CCc2cccc(N(C)C)c21. The van der Waals surface area contributed by atoms with Gasteiger partial charge in [0.15, 0.2) is 0 Å². The Morgan fingerprint density at radius 3 is 2.71 bits per heavy atom. The van der Waals surface area contributed by atoms with E-state index in [-0.39, 0.29) is 0 Å². The molecule has 1 unspecified atom stereocenters. The summed E-state index contributed by atoms with van der Waals surface area (Å²) < 4.78 is 0. The molecular weight excluding hydrogens is 206 g/mol. The summed E-state index contributed by atoms with van der Waals surface area (Å²) in [6, 6.07) is 6.80. The molecule has 1 aliphatic carbocycles. The van der Waals surface area contributed by atoms with Gasteiger partial charge < -0.3 is 4.90 Å². The molecule has 1 heteroatoms. The van der Waals surface area contributed by atoms with Crippen molar-refractivity contribution in [3.63, 3.8) is 0 Å². The van der Waals surface area contributed by atoms with E-state index < -0.39 is 0 Å². The summed E-state index contributed by atoms with van der Waals surface area (Å²) in [6.45, 7) is 4.75. The lowest BCUT2D eigenvalue weighted by molar-refractivity contribution is 0.415. The van der Waals surface area contributed by atoms with Crippen molar-refractivity contribution in [2.75, 3.05) is 19.0 Å². The summed E-state index contributed by atoms with van der Waals surface area (Å²) in [5.74, 6) is 0. The predicted octanol–water partition coefficient (Wildman–Crippen LogP) is 4.15.